The van der Waals surface area contributed by atoms with Crippen LogP contribution in [0.4, 0.5) is 0 Å². The van der Waals surface area contributed by atoms with E-state index >= 15 is 0 Å². The molecular formula is C17H23N3O4S. The Kier molecular flexibility index (Phi) is 6.35. The lowest BCUT2D eigenvalue weighted by Crippen LogP contribution is -2.34. The van der Waals surface area contributed by atoms with E-state index in [9.17, 15) is 13.2 Å². The Morgan fingerprint density at radius 1 is 1.24 bits per heavy atom. The van der Waals surface area contributed by atoms with Gasteiger partial charge in [0, 0.05) is 18.7 Å². The molecule has 0 aliphatic heterocycles. The first-order valence-corrected chi connectivity index (χ1v) is 9.41. The number of nitrogens with zero attached hydrogens (tertiary/aromatic N) is 1. The van der Waals surface area contributed by atoms with Crippen molar-refractivity contribution < 1.29 is 17.6 Å². The largest absolute Gasteiger partial charge is 0.468 e. The van der Waals surface area contributed by atoms with E-state index in [1.807, 2.05) is 25.1 Å². The number of likely N-dealkylation sites (N-methyl/N-ethyl adjacent to an activating group) is 1. The van der Waals surface area contributed by atoms with E-state index in [0.29, 0.717) is 6.54 Å². The molecule has 0 aliphatic carbocycles. The number of benzene rings is 1. The third-order valence-electron chi connectivity index (χ3n) is 3.69. The fourth-order valence-corrected chi connectivity index (χ4v) is 3.47. The minimum Gasteiger partial charge on any atom is -0.468 e. The summed E-state index contributed by atoms with van der Waals surface area (Å²) in [7, 11) is 0.184. The normalized spacial score (nSPS) is 13.0. The van der Waals surface area contributed by atoms with Crippen LogP contribution in [-0.4, -0.2) is 46.4 Å². The fourth-order valence-electron chi connectivity index (χ4n) is 2.39. The van der Waals surface area contributed by atoms with Gasteiger partial charge in [-0.1, -0.05) is 13.0 Å². The lowest BCUT2D eigenvalue weighted by molar-refractivity contribution is 0.0939. The number of carbonyl (C=O) groups is 1. The van der Waals surface area contributed by atoms with Gasteiger partial charge in [-0.25, -0.2) is 13.1 Å². The van der Waals surface area contributed by atoms with Crippen LogP contribution in [0.2, 0.25) is 0 Å². The van der Waals surface area contributed by atoms with Crippen LogP contribution in [0.25, 0.3) is 0 Å². The molecule has 25 heavy (non-hydrogen) atoms. The zero-order chi connectivity index (χ0) is 18.4. The third-order valence-corrected chi connectivity index (χ3v) is 5.24. The lowest BCUT2D eigenvalue weighted by Gasteiger charge is -2.22. The molecule has 1 unspecified atom stereocenters. The second kappa shape index (κ2) is 8.28. The van der Waals surface area contributed by atoms with Crippen molar-refractivity contribution in [3.05, 3.63) is 54.0 Å². The Balaban J connectivity index is 2.11. The minimum atomic E-state index is -3.60. The van der Waals surface area contributed by atoms with Gasteiger partial charge in [-0.2, -0.15) is 0 Å². The molecule has 2 N–H and O–H groups in total. The Hall–Kier alpha value is -2.16. The van der Waals surface area contributed by atoms with Crippen molar-refractivity contribution in [3.8, 4) is 0 Å². The summed E-state index contributed by atoms with van der Waals surface area (Å²) >= 11 is 0. The van der Waals surface area contributed by atoms with E-state index in [2.05, 4.69) is 10.0 Å². The van der Waals surface area contributed by atoms with Crippen molar-refractivity contribution in [2.24, 2.45) is 0 Å². The van der Waals surface area contributed by atoms with Gasteiger partial charge in [0.15, 0.2) is 0 Å². The molecule has 0 radical (unpaired) electrons. The molecule has 0 saturated carbocycles. The van der Waals surface area contributed by atoms with Crippen LogP contribution in [0.15, 0.2) is 52.0 Å². The highest BCUT2D eigenvalue weighted by atomic mass is 32.2. The highest BCUT2D eigenvalue weighted by Gasteiger charge is 2.19. The fraction of sp³-hybridized carbons (Fsp3) is 0.353. The molecule has 2 rings (SSSR count). The maximum atomic E-state index is 12.4. The molecule has 0 saturated heterocycles. The predicted molar refractivity (Wildman–Crippen MR) is 94.8 cm³/mol. The van der Waals surface area contributed by atoms with E-state index in [1.54, 1.807) is 31.4 Å². The molecule has 0 aliphatic rings. The topological polar surface area (TPSA) is 91.6 Å². The molecule has 1 atom stereocenters. The number of rotatable bonds is 8. The van der Waals surface area contributed by atoms with Crippen LogP contribution in [-0.2, 0) is 10.0 Å². The van der Waals surface area contributed by atoms with Crippen LogP contribution in [0.3, 0.4) is 0 Å². The summed E-state index contributed by atoms with van der Waals surface area (Å²) < 4.78 is 31.9. The first kappa shape index (κ1) is 19.2. The summed E-state index contributed by atoms with van der Waals surface area (Å²) in [5, 5.41) is 2.82. The predicted octanol–water partition coefficient (Wildman–Crippen LogP) is 1.61. The Morgan fingerprint density at radius 3 is 2.60 bits per heavy atom. The molecule has 0 bridgehead atoms. The van der Waals surface area contributed by atoms with E-state index in [0.717, 1.165) is 5.76 Å². The number of carbonyl (C=O) groups excluding carboxylic acids is 1. The Morgan fingerprint density at radius 2 is 2.00 bits per heavy atom. The van der Waals surface area contributed by atoms with Gasteiger partial charge < -0.3 is 9.73 Å². The van der Waals surface area contributed by atoms with Crippen molar-refractivity contribution in [2.75, 3.05) is 27.2 Å². The smallest absolute Gasteiger partial charge is 0.251 e. The zero-order valence-corrected chi connectivity index (χ0v) is 15.3. The van der Waals surface area contributed by atoms with Crippen molar-refractivity contribution in [2.45, 2.75) is 17.9 Å². The van der Waals surface area contributed by atoms with Gasteiger partial charge in [0.1, 0.15) is 5.76 Å². The minimum absolute atomic E-state index is 0.0668. The number of nitrogens with one attached hydrogen (secondary N) is 2. The second-order valence-electron chi connectivity index (χ2n) is 5.73. The lowest BCUT2D eigenvalue weighted by atomic mass is 10.2. The maximum absolute atomic E-state index is 12.4. The summed E-state index contributed by atoms with van der Waals surface area (Å²) in [5.74, 6) is 0.403. The number of amides is 1. The number of hydrogen-bond donors (Lipinski definition) is 2. The average molecular weight is 365 g/mol. The molecule has 1 aromatic carbocycles. The highest BCUT2D eigenvalue weighted by molar-refractivity contribution is 7.89. The Bertz CT molecular complexity index is 801. The average Bonchev–Trinajstić information content (AvgIpc) is 3.09. The molecule has 1 heterocycles. The van der Waals surface area contributed by atoms with Crippen LogP contribution in [0.5, 0.6) is 0 Å². The van der Waals surface area contributed by atoms with Crippen LogP contribution in [0, 0.1) is 0 Å². The summed E-state index contributed by atoms with van der Waals surface area (Å²) in [5.41, 5.74) is 0.288. The maximum Gasteiger partial charge on any atom is 0.251 e. The van der Waals surface area contributed by atoms with Gasteiger partial charge in [-0.3, -0.25) is 9.69 Å². The SMILES string of the molecule is CCNS(=O)(=O)c1cccc(C(=O)NCC(c2ccco2)N(C)C)c1. The molecule has 8 heteroatoms. The van der Waals surface area contributed by atoms with Crippen LogP contribution < -0.4 is 10.0 Å². The summed E-state index contributed by atoms with van der Waals surface area (Å²) in [6, 6.07) is 9.48. The number of hydrogen-bond acceptors (Lipinski definition) is 5. The summed E-state index contributed by atoms with van der Waals surface area (Å²) in [4.78, 5) is 14.4. The highest BCUT2D eigenvalue weighted by Crippen LogP contribution is 2.18. The zero-order valence-electron chi connectivity index (χ0n) is 14.5. The van der Waals surface area contributed by atoms with E-state index in [4.69, 9.17) is 4.42 Å². The van der Waals surface area contributed by atoms with Gasteiger partial charge in [-0.05, 0) is 44.4 Å². The van der Waals surface area contributed by atoms with E-state index in [1.165, 1.54) is 12.1 Å². The van der Waals surface area contributed by atoms with Gasteiger partial charge in [-0.15, -0.1) is 0 Å². The van der Waals surface area contributed by atoms with Gasteiger partial charge in [0.05, 0.1) is 17.2 Å². The van der Waals surface area contributed by atoms with Crippen molar-refractivity contribution >= 4 is 15.9 Å². The van der Waals surface area contributed by atoms with Crippen molar-refractivity contribution in [1.29, 1.82) is 0 Å². The number of furan rings is 1. The Labute approximate surface area is 148 Å². The van der Waals surface area contributed by atoms with Crippen molar-refractivity contribution in [3.63, 3.8) is 0 Å². The molecule has 1 aromatic heterocycles. The van der Waals surface area contributed by atoms with Crippen LogP contribution >= 0.6 is 0 Å². The summed E-state index contributed by atoms with van der Waals surface area (Å²) in [6.45, 7) is 2.32. The third kappa shape index (κ3) is 4.91. The quantitative estimate of drug-likeness (QED) is 0.742. The van der Waals surface area contributed by atoms with Gasteiger partial charge in [0.25, 0.3) is 5.91 Å². The van der Waals surface area contributed by atoms with Crippen LogP contribution in [0.1, 0.15) is 29.1 Å². The molecule has 0 fully saturated rings. The summed E-state index contributed by atoms with van der Waals surface area (Å²) in [6.07, 6.45) is 1.59. The molecule has 0 spiro atoms. The van der Waals surface area contributed by atoms with Crippen molar-refractivity contribution in [1.82, 2.24) is 14.9 Å². The molecule has 1 amide bonds. The second-order valence-corrected chi connectivity index (χ2v) is 7.50. The monoisotopic (exact) mass is 365 g/mol. The standard InChI is InChI=1S/C17H23N3O4S/c1-4-19-25(22,23)14-8-5-7-13(11-14)17(21)18-12-15(20(2)3)16-9-6-10-24-16/h5-11,15,19H,4,12H2,1-3H3,(H,18,21). The molecular weight excluding hydrogens is 342 g/mol. The number of sulfonamides is 1. The van der Waals surface area contributed by atoms with Gasteiger partial charge in [0.2, 0.25) is 10.0 Å². The van der Waals surface area contributed by atoms with E-state index in [-0.39, 0.29) is 29.0 Å². The molecule has 136 valence electrons. The molecule has 2 aromatic rings. The van der Waals surface area contributed by atoms with E-state index < -0.39 is 10.0 Å². The van der Waals surface area contributed by atoms with Gasteiger partial charge >= 0.3 is 0 Å². The first-order valence-electron chi connectivity index (χ1n) is 7.93. The first-order chi connectivity index (χ1) is 11.8. The molecule has 7 nitrogen and oxygen atoms in total.